The summed E-state index contributed by atoms with van der Waals surface area (Å²) in [6.07, 6.45) is 0. The van der Waals surface area contributed by atoms with Gasteiger partial charge in [0, 0.05) is 25.4 Å². The Bertz CT molecular complexity index is 86.2. The summed E-state index contributed by atoms with van der Waals surface area (Å²) in [6, 6.07) is 0. The predicted octanol–water partition coefficient (Wildman–Crippen LogP) is 0.800. The second kappa shape index (κ2) is 6.95. The van der Waals surface area contributed by atoms with Crippen LogP contribution in [-0.2, 0) is 0 Å². The fourth-order valence-corrected chi connectivity index (χ4v) is 1.19. The van der Waals surface area contributed by atoms with Crippen LogP contribution in [0.1, 0.15) is 6.92 Å². The maximum absolute atomic E-state index is 4.20. The van der Waals surface area contributed by atoms with Crippen molar-refractivity contribution in [1.29, 1.82) is 0 Å². The first kappa shape index (κ1) is 11.3. The maximum atomic E-state index is 4.20. The van der Waals surface area contributed by atoms with Gasteiger partial charge in [-0.25, -0.2) is 0 Å². The Labute approximate surface area is 76.0 Å². The minimum atomic E-state index is 0.960. The summed E-state index contributed by atoms with van der Waals surface area (Å²) in [6.45, 7) is 6.73. The molecule has 0 aliphatic heterocycles. The average Bonchev–Trinajstić information content (AvgIpc) is 1.97. The molecule has 0 radical (unpaired) electrons. The second-order valence-corrected chi connectivity index (χ2v) is 3.41. The highest BCUT2D eigenvalue weighted by Gasteiger charge is 1.99. The fraction of sp³-hybridized carbons (Fsp3) is 1.00. The van der Waals surface area contributed by atoms with Crippen molar-refractivity contribution in [3.05, 3.63) is 0 Å². The molecule has 0 fully saturated rings. The second-order valence-electron chi connectivity index (χ2n) is 2.96. The standard InChI is InChI=1S/C8H20N2S/c1-4-10(7-8-11)6-5-9(2)3/h11H,4-8H2,1-3H3. The number of nitrogens with zero attached hydrogens (tertiary/aromatic N) is 2. The zero-order valence-electron chi connectivity index (χ0n) is 7.88. The van der Waals surface area contributed by atoms with Gasteiger partial charge in [0.15, 0.2) is 0 Å². The van der Waals surface area contributed by atoms with Gasteiger partial charge in [-0.2, -0.15) is 12.6 Å². The third kappa shape index (κ3) is 6.66. The van der Waals surface area contributed by atoms with Crippen LogP contribution in [0.4, 0.5) is 0 Å². The van der Waals surface area contributed by atoms with E-state index in [-0.39, 0.29) is 0 Å². The van der Waals surface area contributed by atoms with E-state index >= 15 is 0 Å². The van der Waals surface area contributed by atoms with Crippen molar-refractivity contribution in [2.75, 3.05) is 46.0 Å². The highest BCUT2D eigenvalue weighted by Crippen LogP contribution is 1.89. The van der Waals surface area contributed by atoms with E-state index < -0.39 is 0 Å². The molecular formula is C8H20N2S. The van der Waals surface area contributed by atoms with Crippen molar-refractivity contribution in [2.45, 2.75) is 6.92 Å². The molecule has 3 heteroatoms. The van der Waals surface area contributed by atoms with Crippen molar-refractivity contribution >= 4 is 12.6 Å². The first-order valence-corrected chi connectivity index (χ1v) is 4.82. The van der Waals surface area contributed by atoms with Crippen LogP contribution in [-0.4, -0.2) is 55.8 Å². The van der Waals surface area contributed by atoms with E-state index in [1.54, 1.807) is 0 Å². The zero-order valence-corrected chi connectivity index (χ0v) is 8.77. The molecule has 0 unspecified atom stereocenters. The fourth-order valence-electron chi connectivity index (χ4n) is 0.911. The molecule has 0 aliphatic rings. The molecule has 0 saturated heterocycles. The highest BCUT2D eigenvalue weighted by atomic mass is 32.1. The van der Waals surface area contributed by atoms with Crippen LogP contribution in [0.5, 0.6) is 0 Å². The molecule has 0 heterocycles. The Hall–Kier alpha value is 0.270. The van der Waals surface area contributed by atoms with Crippen LogP contribution in [0.2, 0.25) is 0 Å². The number of likely N-dealkylation sites (N-methyl/N-ethyl adjacent to an activating group) is 2. The number of hydrogen-bond donors (Lipinski definition) is 1. The third-order valence-corrected chi connectivity index (χ3v) is 1.93. The van der Waals surface area contributed by atoms with E-state index in [4.69, 9.17) is 0 Å². The van der Waals surface area contributed by atoms with E-state index in [1.165, 1.54) is 0 Å². The highest BCUT2D eigenvalue weighted by molar-refractivity contribution is 7.80. The molecule has 0 rings (SSSR count). The SMILES string of the molecule is CCN(CCS)CCN(C)C. The van der Waals surface area contributed by atoms with Gasteiger partial charge in [0.05, 0.1) is 0 Å². The Morgan fingerprint density at radius 2 is 1.73 bits per heavy atom. The average molecular weight is 176 g/mol. The monoisotopic (exact) mass is 176 g/mol. The molecule has 0 saturated carbocycles. The summed E-state index contributed by atoms with van der Waals surface area (Å²) in [5.41, 5.74) is 0. The maximum Gasteiger partial charge on any atom is 0.0109 e. The lowest BCUT2D eigenvalue weighted by atomic mass is 10.4. The summed E-state index contributed by atoms with van der Waals surface area (Å²) in [5.74, 6) is 0.960. The van der Waals surface area contributed by atoms with Gasteiger partial charge in [0.2, 0.25) is 0 Å². The summed E-state index contributed by atoms with van der Waals surface area (Å²) in [4.78, 5) is 4.62. The molecule has 68 valence electrons. The third-order valence-electron chi connectivity index (χ3n) is 1.73. The first-order valence-electron chi connectivity index (χ1n) is 4.18. The molecular weight excluding hydrogens is 156 g/mol. The van der Waals surface area contributed by atoms with Gasteiger partial charge in [0.1, 0.15) is 0 Å². The van der Waals surface area contributed by atoms with Crippen LogP contribution in [0.25, 0.3) is 0 Å². The molecule has 0 aromatic rings. The van der Waals surface area contributed by atoms with Gasteiger partial charge in [-0.1, -0.05) is 6.92 Å². The molecule has 0 atom stereocenters. The van der Waals surface area contributed by atoms with Crippen molar-refractivity contribution in [3.8, 4) is 0 Å². The lowest BCUT2D eigenvalue weighted by Crippen LogP contribution is -2.32. The smallest absolute Gasteiger partial charge is 0.0109 e. The number of hydrogen-bond acceptors (Lipinski definition) is 3. The van der Waals surface area contributed by atoms with Crippen molar-refractivity contribution < 1.29 is 0 Å². The predicted molar refractivity (Wildman–Crippen MR) is 54.5 cm³/mol. The Kier molecular flexibility index (Phi) is 7.12. The Balaban J connectivity index is 3.35. The molecule has 0 amide bonds. The lowest BCUT2D eigenvalue weighted by molar-refractivity contribution is 0.263. The van der Waals surface area contributed by atoms with Crippen molar-refractivity contribution in [2.24, 2.45) is 0 Å². The molecule has 0 aromatic carbocycles. The van der Waals surface area contributed by atoms with Crippen LogP contribution >= 0.6 is 12.6 Å². The topological polar surface area (TPSA) is 6.48 Å². The molecule has 2 nitrogen and oxygen atoms in total. The molecule has 11 heavy (non-hydrogen) atoms. The summed E-state index contributed by atoms with van der Waals surface area (Å²) in [7, 11) is 4.21. The largest absolute Gasteiger partial charge is 0.308 e. The summed E-state index contributed by atoms with van der Waals surface area (Å²) in [5, 5.41) is 0. The first-order chi connectivity index (χ1) is 5.20. The van der Waals surface area contributed by atoms with Crippen LogP contribution < -0.4 is 0 Å². The minimum Gasteiger partial charge on any atom is -0.308 e. The van der Waals surface area contributed by atoms with Crippen molar-refractivity contribution in [3.63, 3.8) is 0 Å². The normalized spacial score (nSPS) is 11.5. The summed E-state index contributed by atoms with van der Waals surface area (Å²) < 4.78 is 0. The zero-order chi connectivity index (χ0) is 8.69. The van der Waals surface area contributed by atoms with E-state index in [9.17, 15) is 0 Å². The summed E-state index contributed by atoms with van der Waals surface area (Å²) >= 11 is 4.20. The van der Waals surface area contributed by atoms with Gasteiger partial charge in [-0.05, 0) is 20.6 Å². The van der Waals surface area contributed by atoms with E-state index in [1.807, 2.05) is 0 Å². The molecule has 0 bridgehead atoms. The molecule has 0 aromatic heterocycles. The van der Waals surface area contributed by atoms with Crippen LogP contribution in [0.3, 0.4) is 0 Å². The lowest BCUT2D eigenvalue weighted by Gasteiger charge is -2.21. The number of thiol groups is 1. The quantitative estimate of drug-likeness (QED) is 0.598. The Morgan fingerprint density at radius 3 is 2.09 bits per heavy atom. The number of rotatable bonds is 6. The molecule has 0 spiro atoms. The van der Waals surface area contributed by atoms with Gasteiger partial charge in [-0.15, -0.1) is 0 Å². The van der Waals surface area contributed by atoms with E-state index in [2.05, 4.69) is 43.4 Å². The molecule has 0 N–H and O–H groups in total. The van der Waals surface area contributed by atoms with Gasteiger partial charge >= 0.3 is 0 Å². The van der Waals surface area contributed by atoms with Crippen molar-refractivity contribution in [1.82, 2.24) is 9.80 Å². The van der Waals surface area contributed by atoms with Crippen LogP contribution in [0.15, 0.2) is 0 Å². The Morgan fingerprint density at radius 1 is 1.09 bits per heavy atom. The van der Waals surface area contributed by atoms with Crippen LogP contribution in [0, 0.1) is 0 Å². The minimum absolute atomic E-state index is 0.960. The van der Waals surface area contributed by atoms with Gasteiger partial charge < -0.3 is 9.80 Å². The molecule has 0 aliphatic carbocycles. The van der Waals surface area contributed by atoms with Gasteiger partial charge in [0.25, 0.3) is 0 Å². The van der Waals surface area contributed by atoms with E-state index in [0.717, 1.165) is 31.9 Å². The van der Waals surface area contributed by atoms with E-state index in [0.29, 0.717) is 0 Å². The van der Waals surface area contributed by atoms with Gasteiger partial charge in [-0.3, -0.25) is 0 Å².